The molecule has 0 saturated heterocycles. The van der Waals surface area contributed by atoms with Gasteiger partial charge >= 0.3 is 0 Å². The highest BCUT2D eigenvalue weighted by Gasteiger charge is 2.29. The zero-order chi connectivity index (χ0) is 41.8. The molecule has 0 amide bonds. The number of nitrogens with one attached hydrogen (secondary N) is 1. The number of hydrogen-bond donors (Lipinski definition) is 1. The van der Waals surface area contributed by atoms with E-state index in [1.165, 1.54) is 69.8 Å². The van der Waals surface area contributed by atoms with Gasteiger partial charge in [0.1, 0.15) is 22.3 Å². The molecule has 8 aromatic carbocycles. The first-order chi connectivity index (χ1) is 29.9. The van der Waals surface area contributed by atoms with Crippen LogP contribution in [0.4, 0.5) is 11.4 Å². The smallest absolute Gasteiger partial charge is 0.198 e. The molecule has 0 atom stereocenters. The summed E-state index contributed by atoms with van der Waals surface area (Å²) in [4.78, 5) is 0. The highest BCUT2D eigenvalue weighted by atomic mass is 32.1. The largest absolute Gasteiger partial charge is 0.456 e. The third kappa shape index (κ3) is 5.20. The summed E-state index contributed by atoms with van der Waals surface area (Å²) in [6.45, 7) is 13.6. The van der Waals surface area contributed by atoms with Gasteiger partial charge in [0.2, 0.25) is 0 Å². The van der Waals surface area contributed by atoms with E-state index in [2.05, 4.69) is 191 Å². The lowest BCUT2D eigenvalue weighted by molar-refractivity contribution is 0.590. The van der Waals surface area contributed by atoms with Gasteiger partial charge in [0.15, 0.2) is 7.28 Å². The second-order valence-electron chi connectivity index (χ2n) is 19.4. The maximum Gasteiger partial charge on any atom is 0.198 e. The number of rotatable bonds is 3. The van der Waals surface area contributed by atoms with Crippen LogP contribution in [-0.4, -0.2) is 11.8 Å². The summed E-state index contributed by atoms with van der Waals surface area (Å²) < 4.78 is 18.4. The summed E-state index contributed by atoms with van der Waals surface area (Å²) in [6.07, 6.45) is 0. The van der Waals surface area contributed by atoms with Crippen molar-refractivity contribution in [2.24, 2.45) is 0 Å². The lowest BCUT2D eigenvalue weighted by Crippen LogP contribution is -2.37. The second-order valence-corrected chi connectivity index (χ2v) is 20.5. The van der Waals surface area contributed by atoms with Crippen molar-refractivity contribution in [2.75, 3.05) is 5.32 Å². The van der Waals surface area contributed by atoms with Crippen LogP contribution >= 0.6 is 11.3 Å². The molecule has 12 aromatic rings. The number of furan rings is 2. The summed E-state index contributed by atoms with van der Waals surface area (Å²) in [5.41, 5.74) is 17.0. The minimum Gasteiger partial charge on any atom is -0.456 e. The fraction of sp³-hybridized carbons (Fsp3) is 0.143. The number of nitrogens with zero attached hydrogens (tertiary/aromatic N) is 1. The number of anilines is 2. The Morgan fingerprint density at radius 1 is 0.500 bits per heavy atom. The SMILES string of the molecule is CC(C)(C)c1ccc(Nc2cc3oc4ccc(C(C)(C)C)cc4c3cc2-c2ccc3c4cc5c(cc4n4c3c2Bc2cc3sc6ccccc6c3cc2-4)oc2ccccc25)cc1. The van der Waals surface area contributed by atoms with E-state index in [4.69, 9.17) is 8.83 Å². The van der Waals surface area contributed by atoms with Crippen molar-refractivity contribution in [3.05, 3.63) is 151 Å². The fourth-order valence-corrected chi connectivity index (χ4v) is 11.4. The molecule has 62 heavy (non-hydrogen) atoms. The Hall–Kier alpha value is -6.76. The van der Waals surface area contributed by atoms with E-state index in [0.717, 1.165) is 73.6 Å². The van der Waals surface area contributed by atoms with E-state index in [-0.39, 0.29) is 10.8 Å². The first-order valence-corrected chi connectivity index (χ1v) is 22.5. The van der Waals surface area contributed by atoms with Gasteiger partial charge in [-0.25, -0.2) is 0 Å². The minimum atomic E-state index is 0.00446. The Morgan fingerprint density at radius 2 is 1.19 bits per heavy atom. The van der Waals surface area contributed by atoms with Crippen LogP contribution in [0, 0.1) is 0 Å². The zero-order valence-electron chi connectivity index (χ0n) is 35.7. The van der Waals surface area contributed by atoms with Gasteiger partial charge in [-0.05, 0) is 93.6 Å². The van der Waals surface area contributed by atoms with Crippen molar-refractivity contribution < 1.29 is 8.83 Å². The van der Waals surface area contributed by atoms with Gasteiger partial charge < -0.3 is 18.7 Å². The van der Waals surface area contributed by atoms with E-state index < -0.39 is 0 Å². The molecule has 6 heteroatoms. The molecule has 0 fully saturated rings. The Kier molecular flexibility index (Phi) is 7.21. The zero-order valence-corrected chi connectivity index (χ0v) is 36.5. The normalized spacial score (nSPS) is 13.1. The summed E-state index contributed by atoms with van der Waals surface area (Å²) >= 11 is 1.89. The van der Waals surface area contributed by atoms with Gasteiger partial charge in [0, 0.05) is 87.1 Å². The van der Waals surface area contributed by atoms with Crippen molar-refractivity contribution in [1.82, 2.24) is 4.57 Å². The van der Waals surface area contributed by atoms with Crippen LogP contribution in [0.3, 0.4) is 0 Å². The van der Waals surface area contributed by atoms with Crippen molar-refractivity contribution in [2.45, 2.75) is 52.4 Å². The number of hydrogen-bond acceptors (Lipinski definition) is 4. The molecule has 0 radical (unpaired) electrons. The van der Waals surface area contributed by atoms with Crippen LogP contribution in [0.1, 0.15) is 52.7 Å². The van der Waals surface area contributed by atoms with E-state index in [9.17, 15) is 0 Å². The average Bonchev–Trinajstić information content (AvgIpc) is 4.00. The Morgan fingerprint density at radius 3 is 2.00 bits per heavy atom. The molecule has 4 aromatic heterocycles. The van der Waals surface area contributed by atoms with Crippen LogP contribution in [-0.2, 0) is 10.8 Å². The van der Waals surface area contributed by atoms with E-state index in [1.807, 2.05) is 11.3 Å². The number of benzene rings is 8. The van der Waals surface area contributed by atoms with Crippen LogP contribution in [0.25, 0.3) is 103 Å². The molecule has 1 N–H and O–H groups in total. The van der Waals surface area contributed by atoms with Crippen molar-refractivity contribution in [3.63, 3.8) is 0 Å². The molecule has 13 rings (SSSR count). The third-order valence-electron chi connectivity index (χ3n) is 13.5. The molecular weight excluding hydrogens is 776 g/mol. The van der Waals surface area contributed by atoms with E-state index in [0.29, 0.717) is 0 Å². The minimum absolute atomic E-state index is 0.00446. The summed E-state index contributed by atoms with van der Waals surface area (Å²) in [6, 6.07) is 51.7. The molecule has 0 spiro atoms. The quantitative estimate of drug-likeness (QED) is 0.181. The van der Waals surface area contributed by atoms with Crippen molar-refractivity contribution in [1.29, 1.82) is 0 Å². The van der Waals surface area contributed by atoms with E-state index in [1.54, 1.807) is 0 Å². The van der Waals surface area contributed by atoms with Gasteiger partial charge in [-0.15, -0.1) is 11.3 Å². The molecule has 298 valence electrons. The number of thiophene rings is 1. The topological polar surface area (TPSA) is 43.2 Å². The maximum absolute atomic E-state index is 6.67. The molecule has 1 aliphatic heterocycles. The number of para-hydroxylation sites is 1. The van der Waals surface area contributed by atoms with Gasteiger partial charge in [0.25, 0.3) is 0 Å². The Labute approximate surface area is 363 Å². The van der Waals surface area contributed by atoms with Crippen LogP contribution in [0.2, 0.25) is 0 Å². The first-order valence-electron chi connectivity index (χ1n) is 21.7. The van der Waals surface area contributed by atoms with Gasteiger partial charge in [-0.3, -0.25) is 0 Å². The first kappa shape index (κ1) is 35.9. The van der Waals surface area contributed by atoms with Gasteiger partial charge in [-0.2, -0.15) is 0 Å². The predicted molar refractivity (Wildman–Crippen MR) is 267 cm³/mol. The molecule has 0 saturated carbocycles. The van der Waals surface area contributed by atoms with Crippen molar-refractivity contribution >= 4 is 127 Å². The summed E-state index contributed by atoms with van der Waals surface area (Å²) in [5, 5.41) is 13.6. The molecular formula is C56H43BN2O2S. The van der Waals surface area contributed by atoms with Gasteiger partial charge in [0.05, 0.1) is 11.2 Å². The highest BCUT2D eigenvalue weighted by molar-refractivity contribution is 7.26. The standard InChI is InChI=1S/C56H43BN2O2S/c1-55(2,3)30-15-18-32(19-16-30)58-44-28-49-41(39-23-31(56(4,5)6)17-22-48(39)61-49)24-37(44)35-20-21-36-38-25-40-33-11-7-9-13-47(33)60-50(40)29-45(38)59-46-26-42-34-12-8-10-14-51(34)62-52(42)27-43(46)57-53(35)54(36)59/h7-29,57-58H,1-6H3. The molecule has 0 unspecified atom stereocenters. The Bertz CT molecular complexity index is 3880. The Balaban J connectivity index is 1.11. The van der Waals surface area contributed by atoms with Crippen molar-refractivity contribution in [3.8, 4) is 16.8 Å². The summed E-state index contributed by atoms with van der Waals surface area (Å²) in [5.74, 6) is 0. The van der Waals surface area contributed by atoms with Gasteiger partial charge in [-0.1, -0.05) is 114 Å². The van der Waals surface area contributed by atoms with E-state index >= 15 is 0 Å². The lowest BCUT2D eigenvalue weighted by atomic mass is 9.59. The molecule has 0 bridgehead atoms. The summed E-state index contributed by atoms with van der Waals surface area (Å²) in [7, 11) is 0.805. The fourth-order valence-electron chi connectivity index (χ4n) is 10.2. The highest BCUT2D eigenvalue weighted by Crippen LogP contribution is 2.45. The maximum atomic E-state index is 6.67. The molecule has 4 nitrogen and oxygen atoms in total. The third-order valence-corrected chi connectivity index (χ3v) is 14.6. The predicted octanol–water partition coefficient (Wildman–Crippen LogP) is 14.7. The van der Waals surface area contributed by atoms with Crippen LogP contribution in [0.15, 0.2) is 148 Å². The average molecular weight is 819 g/mol. The molecule has 0 aliphatic carbocycles. The van der Waals surface area contributed by atoms with Crippen LogP contribution in [0.5, 0.6) is 0 Å². The van der Waals surface area contributed by atoms with Crippen LogP contribution < -0.4 is 16.2 Å². The lowest BCUT2D eigenvalue weighted by Gasteiger charge is -2.24. The molecule has 5 heterocycles. The number of fused-ring (bicyclic) bond motifs is 14. The molecule has 1 aliphatic rings. The number of aromatic nitrogens is 1. The second kappa shape index (κ2) is 12.4. The monoisotopic (exact) mass is 818 g/mol.